The number of hydrogen-bond donors (Lipinski definition) is 3. The van der Waals surface area contributed by atoms with Gasteiger partial charge in [-0.1, -0.05) is 54.6 Å². The highest BCUT2D eigenvalue weighted by atomic mass is 16.6. The van der Waals surface area contributed by atoms with Crippen LogP contribution in [-0.2, 0) is 22.5 Å². The van der Waals surface area contributed by atoms with E-state index in [-0.39, 0.29) is 13.2 Å². The average molecular weight is 415 g/mol. The Bertz CT molecular complexity index is 818. The van der Waals surface area contributed by atoms with E-state index in [4.69, 9.17) is 9.47 Å². The van der Waals surface area contributed by atoms with E-state index in [2.05, 4.69) is 10.6 Å². The Morgan fingerprint density at radius 3 is 2.37 bits per heavy atom. The molecule has 7 nitrogen and oxygen atoms in total. The zero-order valence-electron chi connectivity index (χ0n) is 17.7. The Morgan fingerprint density at radius 1 is 1.00 bits per heavy atom. The molecule has 3 N–H and O–H groups in total. The molecule has 7 heteroatoms. The van der Waals surface area contributed by atoms with Crippen LogP contribution in [0.5, 0.6) is 0 Å². The van der Waals surface area contributed by atoms with Gasteiger partial charge in [-0.3, -0.25) is 0 Å². The van der Waals surface area contributed by atoms with Crippen molar-refractivity contribution in [2.24, 2.45) is 0 Å². The van der Waals surface area contributed by atoms with Gasteiger partial charge < -0.3 is 25.2 Å². The minimum absolute atomic E-state index is 0.219. The lowest BCUT2D eigenvalue weighted by atomic mass is 10.0. The fourth-order valence-corrected chi connectivity index (χ4v) is 2.73. The maximum absolute atomic E-state index is 12.0. The molecule has 0 saturated heterocycles. The van der Waals surface area contributed by atoms with Gasteiger partial charge in [0.15, 0.2) is 0 Å². The van der Waals surface area contributed by atoms with Gasteiger partial charge in [0.2, 0.25) is 0 Å². The van der Waals surface area contributed by atoms with Crippen molar-refractivity contribution in [1.29, 1.82) is 0 Å². The predicted molar refractivity (Wildman–Crippen MR) is 114 cm³/mol. The van der Waals surface area contributed by atoms with Crippen LogP contribution < -0.4 is 10.6 Å². The van der Waals surface area contributed by atoms with Crippen molar-refractivity contribution in [2.75, 3.05) is 13.2 Å². The summed E-state index contributed by atoms with van der Waals surface area (Å²) in [4.78, 5) is 23.8. The Labute approximate surface area is 177 Å². The average Bonchev–Trinajstić information content (AvgIpc) is 2.70. The number of rotatable bonds is 8. The fourth-order valence-electron chi connectivity index (χ4n) is 2.73. The number of carbonyl (C=O) groups excluding carboxylic acids is 2. The van der Waals surface area contributed by atoms with Crippen LogP contribution in [0.25, 0.3) is 0 Å². The molecular weight excluding hydrogens is 384 g/mol. The lowest BCUT2D eigenvalue weighted by molar-refractivity contribution is 0.0481. The summed E-state index contributed by atoms with van der Waals surface area (Å²) in [5, 5.41) is 15.1. The molecule has 30 heavy (non-hydrogen) atoms. The number of aliphatic hydroxyl groups excluding tert-OH is 1. The Morgan fingerprint density at radius 2 is 1.70 bits per heavy atom. The smallest absolute Gasteiger partial charge is 0.408 e. The minimum Gasteiger partial charge on any atom is -0.445 e. The lowest BCUT2D eigenvalue weighted by Gasteiger charge is -2.23. The molecule has 0 saturated carbocycles. The van der Waals surface area contributed by atoms with Gasteiger partial charge in [-0.05, 0) is 43.9 Å². The fraction of sp³-hybridized carbons (Fsp3) is 0.391. The van der Waals surface area contributed by atoms with E-state index < -0.39 is 23.8 Å². The highest BCUT2D eigenvalue weighted by molar-refractivity contribution is 5.68. The molecule has 0 bridgehead atoms. The summed E-state index contributed by atoms with van der Waals surface area (Å²) in [6, 6.07) is 16.4. The van der Waals surface area contributed by atoms with Crippen molar-refractivity contribution < 1.29 is 24.2 Å². The van der Waals surface area contributed by atoms with E-state index >= 15 is 0 Å². The first-order chi connectivity index (χ1) is 14.3. The second-order valence-electron chi connectivity index (χ2n) is 7.86. The number of carbonyl (C=O) groups is 2. The van der Waals surface area contributed by atoms with Gasteiger partial charge in [-0.2, -0.15) is 0 Å². The van der Waals surface area contributed by atoms with E-state index in [1.54, 1.807) is 20.8 Å². The SMILES string of the molecule is CC(C)(C)OC(=O)N[C@@H](CO)c1cccc(CCNC(=O)OCc2ccccc2)c1. The number of benzene rings is 2. The number of hydrogen-bond acceptors (Lipinski definition) is 5. The monoisotopic (exact) mass is 414 g/mol. The van der Waals surface area contributed by atoms with Crippen LogP contribution in [-0.4, -0.2) is 36.0 Å². The van der Waals surface area contributed by atoms with E-state index in [9.17, 15) is 14.7 Å². The van der Waals surface area contributed by atoms with Crippen LogP contribution in [0.15, 0.2) is 54.6 Å². The van der Waals surface area contributed by atoms with Crippen molar-refractivity contribution in [2.45, 2.75) is 45.4 Å². The highest BCUT2D eigenvalue weighted by Crippen LogP contribution is 2.16. The van der Waals surface area contributed by atoms with Gasteiger partial charge in [0, 0.05) is 6.54 Å². The van der Waals surface area contributed by atoms with Crippen LogP contribution in [0, 0.1) is 0 Å². The van der Waals surface area contributed by atoms with Gasteiger partial charge in [0.25, 0.3) is 0 Å². The van der Waals surface area contributed by atoms with Gasteiger partial charge >= 0.3 is 12.2 Å². The molecule has 0 aliphatic heterocycles. The molecule has 0 fully saturated rings. The molecule has 0 heterocycles. The normalized spacial score (nSPS) is 12.0. The second kappa shape index (κ2) is 11.2. The summed E-state index contributed by atoms with van der Waals surface area (Å²) in [6.07, 6.45) is -0.483. The number of alkyl carbamates (subject to hydrolysis) is 2. The lowest BCUT2D eigenvalue weighted by Crippen LogP contribution is -2.36. The first-order valence-electron chi connectivity index (χ1n) is 9.90. The minimum atomic E-state index is -0.618. The zero-order valence-corrected chi connectivity index (χ0v) is 17.7. The van der Waals surface area contributed by atoms with Crippen LogP contribution in [0.2, 0.25) is 0 Å². The molecule has 2 aromatic carbocycles. The van der Waals surface area contributed by atoms with Gasteiger partial charge in [-0.25, -0.2) is 9.59 Å². The maximum Gasteiger partial charge on any atom is 0.408 e. The molecule has 0 unspecified atom stereocenters. The molecule has 0 radical (unpaired) electrons. The summed E-state index contributed by atoms with van der Waals surface area (Å²) < 4.78 is 10.4. The number of amides is 2. The zero-order chi connectivity index (χ0) is 22.0. The number of aliphatic hydroxyl groups is 1. The summed E-state index contributed by atoms with van der Waals surface area (Å²) in [5.74, 6) is 0. The van der Waals surface area contributed by atoms with Crippen molar-refractivity contribution in [3.63, 3.8) is 0 Å². The molecule has 0 aromatic heterocycles. The van der Waals surface area contributed by atoms with Crippen LogP contribution >= 0.6 is 0 Å². The molecule has 2 rings (SSSR count). The first-order valence-corrected chi connectivity index (χ1v) is 9.90. The van der Waals surface area contributed by atoms with Crippen molar-refractivity contribution in [3.8, 4) is 0 Å². The largest absolute Gasteiger partial charge is 0.445 e. The van der Waals surface area contributed by atoms with E-state index in [1.165, 1.54) is 0 Å². The third-order valence-corrected chi connectivity index (χ3v) is 4.12. The third kappa shape index (κ3) is 8.53. The summed E-state index contributed by atoms with van der Waals surface area (Å²) in [5.41, 5.74) is 2.02. The predicted octanol–water partition coefficient (Wildman–Crippen LogP) is 3.71. The Hall–Kier alpha value is -3.06. The number of nitrogens with one attached hydrogen (secondary N) is 2. The first kappa shape index (κ1) is 23.2. The topological polar surface area (TPSA) is 96.9 Å². The Kier molecular flexibility index (Phi) is 8.68. The molecule has 0 spiro atoms. The molecular formula is C23H30N2O5. The van der Waals surface area contributed by atoms with Crippen molar-refractivity contribution in [3.05, 3.63) is 71.3 Å². The molecule has 2 aromatic rings. The van der Waals surface area contributed by atoms with E-state index in [1.807, 2.05) is 54.6 Å². The summed E-state index contributed by atoms with van der Waals surface area (Å²) in [7, 11) is 0. The molecule has 1 atom stereocenters. The highest BCUT2D eigenvalue weighted by Gasteiger charge is 2.20. The molecule has 0 aliphatic carbocycles. The Balaban J connectivity index is 1.82. The van der Waals surface area contributed by atoms with Crippen molar-refractivity contribution in [1.82, 2.24) is 10.6 Å². The molecule has 162 valence electrons. The van der Waals surface area contributed by atoms with Gasteiger partial charge in [-0.15, -0.1) is 0 Å². The van der Waals surface area contributed by atoms with Gasteiger partial charge in [0.05, 0.1) is 12.6 Å². The van der Waals surface area contributed by atoms with E-state index in [0.29, 0.717) is 13.0 Å². The van der Waals surface area contributed by atoms with Crippen LogP contribution in [0.1, 0.15) is 43.5 Å². The molecule has 2 amide bonds. The summed E-state index contributed by atoms with van der Waals surface area (Å²) >= 11 is 0. The second-order valence-corrected chi connectivity index (χ2v) is 7.86. The van der Waals surface area contributed by atoms with Crippen molar-refractivity contribution >= 4 is 12.2 Å². The van der Waals surface area contributed by atoms with E-state index in [0.717, 1.165) is 16.7 Å². The maximum atomic E-state index is 12.0. The third-order valence-electron chi connectivity index (χ3n) is 4.12. The van der Waals surface area contributed by atoms with Gasteiger partial charge in [0.1, 0.15) is 12.2 Å². The van der Waals surface area contributed by atoms with Crippen LogP contribution in [0.3, 0.4) is 0 Å². The number of ether oxygens (including phenoxy) is 2. The quantitative estimate of drug-likeness (QED) is 0.612. The standard InChI is InChI=1S/C23H30N2O5/c1-23(2,3)30-22(28)25-20(15-26)19-11-7-10-17(14-19)12-13-24-21(27)29-16-18-8-5-4-6-9-18/h4-11,14,20,26H,12-13,15-16H2,1-3H3,(H,24,27)(H,25,28)/t20-/m0/s1. The summed E-state index contributed by atoms with van der Waals surface area (Å²) in [6.45, 7) is 5.70. The molecule has 0 aliphatic rings. The van der Waals surface area contributed by atoms with Crippen LogP contribution in [0.4, 0.5) is 9.59 Å².